The predicted octanol–water partition coefficient (Wildman–Crippen LogP) is 4.79. The van der Waals surface area contributed by atoms with E-state index in [4.69, 9.17) is 4.42 Å². The maximum Gasteiger partial charge on any atom is 0.232 e. The van der Waals surface area contributed by atoms with Crippen molar-refractivity contribution in [3.63, 3.8) is 0 Å². The normalized spacial score (nSPS) is 10.8. The van der Waals surface area contributed by atoms with Crippen LogP contribution in [-0.4, -0.2) is 10.9 Å². The lowest BCUT2D eigenvalue weighted by atomic mass is 9.90. The standard InChI is InChI=1S/C24H20N2O2/c27-24(23(19-8-3-1-4-9-19)20-10-5-2-6-11-20)26-17-18-13-14-21(25-16-18)22-12-7-15-28-22/h1-16,23H,17H2,(H,26,27). The molecule has 4 nitrogen and oxygen atoms in total. The van der Waals surface area contributed by atoms with Gasteiger partial charge in [-0.25, -0.2) is 0 Å². The molecule has 0 radical (unpaired) electrons. The van der Waals surface area contributed by atoms with Crippen LogP contribution in [0.25, 0.3) is 11.5 Å². The van der Waals surface area contributed by atoms with Crippen LogP contribution in [0.4, 0.5) is 0 Å². The Kier molecular flexibility index (Phi) is 5.29. The molecule has 0 saturated heterocycles. The van der Waals surface area contributed by atoms with Crippen molar-refractivity contribution >= 4 is 5.91 Å². The van der Waals surface area contributed by atoms with Gasteiger partial charge in [-0.1, -0.05) is 66.7 Å². The molecule has 2 heterocycles. The minimum atomic E-state index is -0.349. The van der Waals surface area contributed by atoms with E-state index in [0.717, 1.165) is 28.1 Å². The molecule has 0 bridgehead atoms. The average molecular weight is 368 g/mol. The van der Waals surface area contributed by atoms with Gasteiger partial charge < -0.3 is 9.73 Å². The van der Waals surface area contributed by atoms with Gasteiger partial charge in [0, 0.05) is 12.7 Å². The number of carbonyl (C=O) groups is 1. The molecule has 0 aliphatic carbocycles. The SMILES string of the molecule is O=C(NCc1ccc(-c2ccco2)nc1)C(c1ccccc1)c1ccccc1. The summed E-state index contributed by atoms with van der Waals surface area (Å²) < 4.78 is 5.35. The molecular formula is C24H20N2O2. The van der Waals surface area contributed by atoms with Gasteiger partial charge in [0.15, 0.2) is 5.76 Å². The molecule has 0 unspecified atom stereocenters. The molecule has 4 aromatic rings. The number of rotatable bonds is 6. The smallest absolute Gasteiger partial charge is 0.232 e. The van der Waals surface area contributed by atoms with E-state index in [9.17, 15) is 4.79 Å². The largest absolute Gasteiger partial charge is 0.463 e. The number of hydrogen-bond acceptors (Lipinski definition) is 3. The Morgan fingerprint density at radius 1 is 0.857 bits per heavy atom. The maximum atomic E-state index is 13.0. The Balaban J connectivity index is 1.49. The molecule has 2 aromatic carbocycles. The van der Waals surface area contributed by atoms with Gasteiger partial charge in [-0.3, -0.25) is 9.78 Å². The first-order valence-electron chi connectivity index (χ1n) is 9.17. The first kappa shape index (κ1) is 17.7. The zero-order valence-corrected chi connectivity index (χ0v) is 15.3. The Bertz CT molecular complexity index is 972. The zero-order chi connectivity index (χ0) is 19.2. The highest BCUT2D eigenvalue weighted by Crippen LogP contribution is 2.25. The van der Waals surface area contributed by atoms with E-state index < -0.39 is 0 Å². The molecule has 0 fully saturated rings. The molecule has 0 aliphatic heterocycles. The van der Waals surface area contributed by atoms with Gasteiger partial charge >= 0.3 is 0 Å². The van der Waals surface area contributed by atoms with Crippen molar-refractivity contribution in [1.82, 2.24) is 10.3 Å². The lowest BCUT2D eigenvalue weighted by molar-refractivity contribution is -0.121. The van der Waals surface area contributed by atoms with E-state index in [2.05, 4.69) is 10.3 Å². The van der Waals surface area contributed by atoms with Crippen LogP contribution >= 0.6 is 0 Å². The lowest BCUT2D eigenvalue weighted by Crippen LogP contribution is -2.29. The highest BCUT2D eigenvalue weighted by Gasteiger charge is 2.22. The minimum absolute atomic E-state index is 0.0347. The summed E-state index contributed by atoms with van der Waals surface area (Å²) in [6, 6.07) is 27.2. The van der Waals surface area contributed by atoms with E-state index in [-0.39, 0.29) is 11.8 Å². The first-order valence-corrected chi connectivity index (χ1v) is 9.17. The van der Waals surface area contributed by atoms with Crippen molar-refractivity contribution in [2.24, 2.45) is 0 Å². The summed E-state index contributed by atoms with van der Waals surface area (Å²) in [5, 5.41) is 3.05. The molecule has 138 valence electrons. The van der Waals surface area contributed by atoms with Crippen molar-refractivity contribution in [3.8, 4) is 11.5 Å². The summed E-state index contributed by atoms with van der Waals surface area (Å²) in [6.07, 6.45) is 3.39. The molecular weight excluding hydrogens is 348 g/mol. The van der Waals surface area contributed by atoms with Crippen LogP contribution in [0.3, 0.4) is 0 Å². The van der Waals surface area contributed by atoms with Crippen LogP contribution in [0.15, 0.2) is 102 Å². The molecule has 0 aliphatic rings. The molecule has 0 spiro atoms. The maximum absolute atomic E-state index is 13.0. The Labute approximate surface area is 163 Å². The second-order valence-corrected chi connectivity index (χ2v) is 6.50. The highest BCUT2D eigenvalue weighted by atomic mass is 16.3. The zero-order valence-electron chi connectivity index (χ0n) is 15.3. The van der Waals surface area contributed by atoms with Crippen molar-refractivity contribution in [3.05, 3.63) is 114 Å². The van der Waals surface area contributed by atoms with E-state index in [1.165, 1.54) is 0 Å². The summed E-state index contributed by atoms with van der Waals surface area (Å²) in [6.45, 7) is 0.417. The van der Waals surface area contributed by atoms with E-state index in [1.807, 2.05) is 84.9 Å². The van der Waals surface area contributed by atoms with Gasteiger partial charge in [0.25, 0.3) is 0 Å². The van der Waals surface area contributed by atoms with Gasteiger partial charge in [0.05, 0.1) is 12.2 Å². The van der Waals surface area contributed by atoms with Gasteiger partial charge in [0.1, 0.15) is 5.69 Å². The second-order valence-electron chi connectivity index (χ2n) is 6.50. The van der Waals surface area contributed by atoms with E-state index >= 15 is 0 Å². The first-order chi connectivity index (χ1) is 13.8. The summed E-state index contributed by atoms with van der Waals surface area (Å²) in [5.74, 6) is 0.342. The summed E-state index contributed by atoms with van der Waals surface area (Å²) in [7, 11) is 0. The quantitative estimate of drug-likeness (QED) is 0.532. The third-order valence-corrected chi connectivity index (χ3v) is 4.59. The molecule has 2 aromatic heterocycles. The summed E-state index contributed by atoms with van der Waals surface area (Å²) >= 11 is 0. The fraction of sp³-hybridized carbons (Fsp3) is 0.0833. The average Bonchev–Trinajstić information content (AvgIpc) is 3.29. The third-order valence-electron chi connectivity index (χ3n) is 4.59. The molecule has 1 amide bonds. The molecule has 4 heteroatoms. The second kappa shape index (κ2) is 8.35. The van der Waals surface area contributed by atoms with Gasteiger partial charge in [0.2, 0.25) is 5.91 Å². The summed E-state index contributed by atoms with van der Waals surface area (Å²) in [4.78, 5) is 17.4. The van der Waals surface area contributed by atoms with Crippen LogP contribution < -0.4 is 5.32 Å². The molecule has 4 rings (SSSR count). The highest BCUT2D eigenvalue weighted by molar-refractivity contribution is 5.87. The molecule has 0 saturated carbocycles. The number of aromatic nitrogens is 1. The fourth-order valence-electron chi connectivity index (χ4n) is 3.18. The van der Waals surface area contributed by atoms with Crippen molar-refractivity contribution < 1.29 is 9.21 Å². The van der Waals surface area contributed by atoms with Crippen LogP contribution in [0.1, 0.15) is 22.6 Å². The van der Waals surface area contributed by atoms with Crippen LogP contribution in [0, 0.1) is 0 Å². The Hall–Kier alpha value is -3.66. The predicted molar refractivity (Wildman–Crippen MR) is 109 cm³/mol. The molecule has 1 N–H and O–H groups in total. The number of nitrogens with one attached hydrogen (secondary N) is 1. The van der Waals surface area contributed by atoms with Crippen molar-refractivity contribution in [1.29, 1.82) is 0 Å². The van der Waals surface area contributed by atoms with Crippen LogP contribution in [-0.2, 0) is 11.3 Å². The van der Waals surface area contributed by atoms with Gasteiger partial charge in [-0.2, -0.15) is 0 Å². The number of benzene rings is 2. The number of amides is 1. The third kappa shape index (κ3) is 4.01. The topological polar surface area (TPSA) is 55.1 Å². The van der Waals surface area contributed by atoms with E-state index in [1.54, 1.807) is 12.5 Å². The summed E-state index contributed by atoms with van der Waals surface area (Å²) in [5.41, 5.74) is 3.64. The van der Waals surface area contributed by atoms with Crippen molar-refractivity contribution in [2.75, 3.05) is 0 Å². The van der Waals surface area contributed by atoms with Crippen molar-refractivity contribution in [2.45, 2.75) is 12.5 Å². The minimum Gasteiger partial charge on any atom is -0.463 e. The number of carbonyl (C=O) groups excluding carboxylic acids is 1. The Morgan fingerprint density at radius 3 is 2.07 bits per heavy atom. The monoisotopic (exact) mass is 368 g/mol. The lowest BCUT2D eigenvalue weighted by Gasteiger charge is -2.18. The number of hydrogen-bond donors (Lipinski definition) is 1. The van der Waals surface area contributed by atoms with E-state index in [0.29, 0.717) is 6.54 Å². The van der Waals surface area contributed by atoms with Crippen LogP contribution in [0.2, 0.25) is 0 Å². The molecule has 0 atom stereocenters. The molecule has 28 heavy (non-hydrogen) atoms. The number of nitrogens with zero attached hydrogens (tertiary/aromatic N) is 1. The van der Waals surface area contributed by atoms with Gasteiger partial charge in [-0.15, -0.1) is 0 Å². The number of pyridine rings is 1. The van der Waals surface area contributed by atoms with Gasteiger partial charge in [-0.05, 0) is 34.9 Å². The van der Waals surface area contributed by atoms with Crippen LogP contribution in [0.5, 0.6) is 0 Å². The fourth-order valence-corrected chi connectivity index (χ4v) is 3.18. The number of furan rings is 1. The Morgan fingerprint density at radius 2 is 1.54 bits per heavy atom.